The van der Waals surface area contributed by atoms with Crippen molar-refractivity contribution in [3.05, 3.63) is 34.6 Å². The fourth-order valence-corrected chi connectivity index (χ4v) is 4.11. The van der Waals surface area contributed by atoms with E-state index in [0.717, 1.165) is 31.0 Å². The van der Waals surface area contributed by atoms with Crippen LogP contribution in [0.1, 0.15) is 43.6 Å². The molecule has 1 aromatic carbocycles. The van der Waals surface area contributed by atoms with Crippen molar-refractivity contribution in [2.75, 3.05) is 13.1 Å². The third-order valence-corrected chi connectivity index (χ3v) is 5.13. The van der Waals surface area contributed by atoms with Gasteiger partial charge in [0, 0.05) is 5.02 Å². The smallest absolute Gasteiger partial charge is 0.128 e. The van der Waals surface area contributed by atoms with Crippen molar-refractivity contribution < 1.29 is 4.39 Å². The monoisotopic (exact) mass is 281 g/mol. The van der Waals surface area contributed by atoms with Crippen LogP contribution in [-0.4, -0.2) is 13.1 Å². The zero-order chi connectivity index (χ0) is 13.2. The second-order valence-corrected chi connectivity index (χ2v) is 6.41. The summed E-state index contributed by atoms with van der Waals surface area (Å²) in [4.78, 5) is 0. The van der Waals surface area contributed by atoms with E-state index in [4.69, 9.17) is 11.6 Å². The van der Waals surface area contributed by atoms with E-state index in [1.165, 1.54) is 31.7 Å². The van der Waals surface area contributed by atoms with E-state index in [1.54, 1.807) is 0 Å². The number of hydrogen-bond acceptors (Lipinski definition) is 1. The average Bonchev–Trinajstić information content (AvgIpc) is 2.93. The van der Waals surface area contributed by atoms with Gasteiger partial charge in [-0.05, 0) is 55.0 Å². The first-order valence-corrected chi connectivity index (χ1v) is 7.79. The quantitative estimate of drug-likeness (QED) is 0.849. The first-order chi connectivity index (χ1) is 9.25. The second kappa shape index (κ2) is 5.80. The Hall–Kier alpha value is -0.600. The molecular formula is C16H21ClFN. The van der Waals surface area contributed by atoms with E-state index in [2.05, 4.69) is 5.32 Å². The average molecular weight is 282 g/mol. The minimum absolute atomic E-state index is 0.123. The summed E-state index contributed by atoms with van der Waals surface area (Å²) in [6, 6.07) is 5.19. The Labute approximate surface area is 119 Å². The van der Waals surface area contributed by atoms with Crippen LogP contribution in [-0.2, 0) is 0 Å². The topological polar surface area (TPSA) is 12.0 Å². The fraction of sp³-hybridized carbons (Fsp3) is 0.625. The number of rotatable bonds is 2. The molecule has 2 unspecified atom stereocenters. The second-order valence-electron chi connectivity index (χ2n) is 5.97. The number of nitrogens with one attached hydrogen (secondary N) is 1. The van der Waals surface area contributed by atoms with Crippen LogP contribution < -0.4 is 5.32 Å². The molecule has 2 aliphatic rings. The summed E-state index contributed by atoms with van der Waals surface area (Å²) in [5.74, 6) is 1.60. The minimum atomic E-state index is -0.123. The van der Waals surface area contributed by atoms with Crippen molar-refractivity contribution in [1.82, 2.24) is 5.32 Å². The van der Waals surface area contributed by atoms with Crippen LogP contribution in [0.15, 0.2) is 18.2 Å². The van der Waals surface area contributed by atoms with E-state index >= 15 is 0 Å². The zero-order valence-electron chi connectivity index (χ0n) is 11.2. The highest BCUT2D eigenvalue weighted by Gasteiger charge is 2.35. The van der Waals surface area contributed by atoms with E-state index in [1.807, 2.05) is 12.1 Å². The molecule has 1 heterocycles. The van der Waals surface area contributed by atoms with Gasteiger partial charge < -0.3 is 5.32 Å². The van der Waals surface area contributed by atoms with Gasteiger partial charge in [-0.3, -0.25) is 0 Å². The molecular weight excluding hydrogens is 261 g/mol. The summed E-state index contributed by atoms with van der Waals surface area (Å²) in [6.45, 7) is 2.04. The molecule has 0 bridgehead atoms. The number of hydrogen-bond donors (Lipinski definition) is 1. The minimum Gasteiger partial charge on any atom is -0.316 e. The lowest BCUT2D eigenvalue weighted by atomic mass is 9.73. The predicted octanol–water partition coefficient (Wildman–Crippen LogP) is 4.36. The number of benzene rings is 1. The maximum Gasteiger partial charge on any atom is 0.128 e. The maximum atomic E-state index is 14.2. The lowest BCUT2D eigenvalue weighted by molar-refractivity contribution is 0.227. The van der Waals surface area contributed by atoms with E-state index in [0.29, 0.717) is 16.9 Å². The van der Waals surface area contributed by atoms with Crippen LogP contribution in [0.5, 0.6) is 0 Å². The van der Waals surface area contributed by atoms with Crippen LogP contribution in [0, 0.1) is 17.7 Å². The van der Waals surface area contributed by atoms with Crippen molar-refractivity contribution in [2.24, 2.45) is 11.8 Å². The highest BCUT2D eigenvalue weighted by atomic mass is 35.5. The molecule has 0 spiro atoms. The van der Waals surface area contributed by atoms with Crippen LogP contribution in [0.2, 0.25) is 5.02 Å². The first-order valence-electron chi connectivity index (χ1n) is 7.41. The Kier molecular flexibility index (Phi) is 4.09. The van der Waals surface area contributed by atoms with Crippen LogP contribution in [0.4, 0.5) is 4.39 Å². The molecule has 1 nitrogen and oxygen atoms in total. The molecule has 2 atom stereocenters. The molecule has 104 valence electrons. The zero-order valence-corrected chi connectivity index (χ0v) is 11.9. The normalized spacial score (nSPS) is 28.7. The molecule has 0 radical (unpaired) electrons. The lowest BCUT2D eigenvalue weighted by Crippen LogP contribution is -2.39. The third-order valence-electron chi connectivity index (χ3n) is 4.90. The molecule has 1 aliphatic carbocycles. The lowest BCUT2D eigenvalue weighted by Gasteiger charge is -2.36. The highest BCUT2D eigenvalue weighted by molar-refractivity contribution is 6.30. The van der Waals surface area contributed by atoms with Gasteiger partial charge in [0.2, 0.25) is 0 Å². The molecule has 19 heavy (non-hydrogen) atoms. The van der Waals surface area contributed by atoms with Gasteiger partial charge in [-0.1, -0.05) is 43.4 Å². The van der Waals surface area contributed by atoms with Gasteiger partial charge in [-0.25, -0.2) is 4.39 Å². The molecule has 1 aliphatic heterocycles. The van der Waals surface area contributed by atoms with Gasteiger partial charge in [-0.2, -0.15) is 0 Å². The number of piperidine rings is 1. The molecule has 0 aromatic heterocycles. The Morgan fingerprint density at radius 3 is 2.68 bits per heavy atom. The molecule has 1 N–H and O–H groups in total. The Bertz CT molecular complexity index is 442. The van der Waals surface area contributed by atoms with Crippen LogP contribution in [0.25, 0.3) is 0 Å². The molecule has 3 rings (SSSR count). The largest absolute Gasteiger partial charge is 0.316 e. The fourth-order valence-electron chi connectivity index (χ4n) is 3.95. The third kappa shape index (κ3) is 2.80. The Morgan fingerprint density at radius 1 is 1.16 bits per heavy atom. The van der Waals surface area contributed by atoms with Crippen LogP contribution >= 0.6 is 11.6 Å². The first kappa shape index (κ1) is 13.4. The van der Waals surface area contributed by atoms with Gasteiger partial charge in [0.1, 0.15) is 5.82 Å². The van der Waals surface area contributed by atoms with Crippen molar-refractivity contribution in [3.63, 3.8) is 0 Å². The SMILES string of the molecule is Fc1cc(Cl)ccc1C1CCNCC1C1CCCC1. The Morgan fingerprint density at radius 2 is 1.95 bits per heavy atom. The molecule has 1 saturated heterocycles. The summed E-state index contributed by atoms with van der Waals surface area (Å²) in [6.07, 6.45) is 6.36. The van der Waals surface area contributed by atoms with E-state index < -0.39 is 0 Å². The van der Waals surface area contributed by atoms with Gasteiger partial charge in [0.05, 0.1) is 0 Å². The van der Waals surface area contributed by atoms with Gasteiger partial charge in [-0.15, -0.1) is 0 Å². The summed E-state index contributed by atoms with van der Waals surface area (Å²) >= 11 is 5.87. The van der Waals surface area contributed by atoms with Gasteiger partial charge >= 0.3 is 0 Å². The number of halogens is 2. The molecule has 0 amide bonds. The van der Waals surface area contributed by atoms with Gasteiger partial charge in [0.15, 0.2) is 0 Å². The Balaban J connectivity index is 1.86. The van der Waals surface area contributed by atoms with E-state index in [-0.39, 0.29) is 5.82 Å². The molecule has 2 fully saturated rings. The summed E-state index contributed by atoms with van der Waals surface area (Å²) in [7, 11) is 0. The molecule has 1 saturated carbocycles. The van der Waals surface area contributed by atoms with E-state index in [9.17, 15) is 4.39 Å². The van der Waals surface area contributed by atoms with Crippen LogP contribution in [0.3, 0.4) is 0 Å². The van der Waals surface area contributed by atoms with Crippen molar-refractivity contribution in [3.8, 4) is 0 Å². The standard InChI is InChI=1S/C16H21ClFN/c17-12-5-6-14(16(18)9-12)13-7-8-19-10-15(13)11-3-1-2-4-11/h5-6,9,11,13,15,19H,1-4,7-8,10H2. The highest BCUT2D eigenvalue weighted by Crippen LogP contribution is 2.42. The predicted molar refractivity (Wildman–Crippen MR) is 77.1 cm³/mol. The molecule has 1 aromatic rings. The van der Waals surface area contributed by atoms with Crippen molar-refractivity contribution in [2.45, 2.75) is 38.0 Å². The summed E-state index contributed by atoms with van der Waals surface area (Å²) < 4.78 is 14.2. The maximum absolute atomic E-state index is 14.2. The summed E-state index contributed by atoms with van der Waals surface area (Å²) in [5.41, 5.74) is 0.878. The van der Waals surface area contributed by atoms with Gasteiger partial charge in [0.25, 0.3) is 0 Å². The summed E-state index contributed by atoms with van der Waals surface area (Å²) in [5, 5.41) is 3.99. The molecule has 3 heteroatoms. The van der Waals surface area contributed by atoms with Crippen molar-refractivity contribution in [1.29, 1.82) is 0 Å². The van der Waals surface area contributed by atoms with Crippen molar-refractivity contribution >= 4 is 11.6 Å².